The summed E-state index contributed by atoms with van der Waals surface area (Å²) in [6, 6.07) is 0.130. The van der Waals surface area contributed by atoms with E-state index in [2.05, 4.69) is 5.32 Å². The zero-order valence-corrected chi connectivity index (χ0v) is 13.7. The van der Waals surface area contributed by atoms with Crippen molar-refractivity contribution in [2.24, 2.45) is 0 Å². The number of nitrogens with zero attached hydrogens (tertiary/aromatic N) is 1. The number of carbonyl (C=O) groups is 2. The highest BCUT2D eigenvalue weighted by atomic mass is 35.5. The van der Waals surface area contributed by atoms with E-state index in [9.17, 15) is 9.59 Å². The number of carbonyl (C=O) groups excluding carboxylic acids is 2. The predicted molar refractivity (Wildman–Crippen MR) is 80.5 cm³/mol. The molecule has 122 valence electrons. The van der Waals surface area contributed by atoms with Crippen LogP contribution in [0.3, 0.4) is 0 Å². The zero-order chi connectivity index (χ0) is 15.9. The van der Waals surface area contributed by atoms with Gasteiger partial charge in [0, 0.05) is 32.3 Å². The van der Waals surface area contributed by atoms with Gasteiger partial charge in [-0.15, -0.1) is 11.6 Å². The minimum absolute atomic E-state index is 0.0518. The Bertz CT molecular complexity index is 351. The minimum atomic E-state index is -0.531. The third-order valence-electron chi connectivity index (χ3n) is 3.09. The second-order valence-electron chi connectivity index (χ2n) is 5.99. The number of nitrogens with one attached hydrogen (secondary N) is 1. The smallest absolute Gasteiger partial charge is 0.407 e. The largest absolute Gasteiger partial charge is 0.444 e. The Hall–Kier alpha value is -1.01. The predicted octanol–water partition coefficient (Wildman–Crippen LogP) is 1.76. The molecule has 0 spiro atoms. The molecule has 2 amide bonds. The molecule has 1 saturated heterocycles. The van der Waals surface area contributed by atoms with Gasteiger partial charge in [0.25, 0.3) is 0 Å². The van der Waals surface area contributed by atoms with Gasteiger partial charge >= 0.3 is 6.09 Å². The summed E-state index contributed by atoms with van der Waals surface area (Å²) < 4.78 is 10.5. The van der Waals surface area contributed by atoms with Crippen molar-refractivity contribution in [2.75, 3.05) is 32.2 Å². The van der Waals surface area contributed by atoms with Crippen LogP contribution in [0.4, 0.5) is 4.79 Å². The van der Waals surface area contributed by atoms with Crippen molar-refractivity contribution < 1.29 is 19.1 Å². The second-order valence-corrected chi connectivity index (χ2v) is 6.26. The van der Waals surface area contributed by atoms with Crippen molar-refractivity contribution in [1.29, 1.82) is 0 Å². The van der Waals surface area contributed by atoms with E-state index in [-0.39, 0.29) is 17.8 Å². The number of halogens is 1. The van der Waals surface area contributed by atoms with Gasteiger partial charge in [0.05, 0.1) is 0 Å². The summed E-state index contributed by atoms with van der Waals surface area (Å²) in [5.41, 5.74) is -0.531. The number of hydrogen-bond acceptors (Lipinski definition) is 4. The quantitative estimate of drug-likeness (QED) is 0.784. The van der Waals surface area contributed by atoms with Crippen molar-refractivity contribution in [3.63, 3.8) is 0 Å². The molecule has 0 aliphatic carbocycles. The molecule has 0 radical (unpaired) electrons. The van der Waals surface area contributed by atoms with E-state index in [1.165, 1.54) is 0 Å². The molecule has 1 fully saturated rings. The summed E-state index contributed by atoms with van der Waals surface area (Å²) in [5.74, 6) is -0.168. The highest BCUT2D eigenvalue weighted by Crippen LogP contribution is 2.14. The van der Waals surface area contributed by atoms with Crippen LogP contribution in [-0.2, 0) is 14.3 Å². The SMILES string of the molecule is CC(C)(C)OC(=O)NCCN(C(=O)CCl)C1CCOCC1. The van der Waals surface area contributed by atoms with E-state index >= 15 is 0 Å². The summed E-state index contributed by atoms with van der Waals surface area (Å²) in [6.07, 6.45) is 1.12. The molecule has 0 atom stereocenters. The van der Waals surface area contributed by atoms with Crippen molar-refractivity contribution in [3.05, 3.63) is 0 Å². The third kappa shape index (κ3) is 7.00. The van der Waals surface area contributed by atoms with Gasteiger partial charge in [0.2, 0.25) is 5.91 Å². The van der Waals surface area contributed by atoms with Crippen LogP contribution in [0.1, 0.15) is 33.6 Å². The van der Waals surface area contributed by atoms with Gasteiger partial charge in [-0.05, 0) is 33.6 Å². The molecule has 21 heavy (non-hydrogen) atoms. The van der Waals surface area contributed by atoms with E-state index in [0.29, 0.717) is 26.3 Å². The normalized spacial score (nSPS) is 16.4. The Morgan fingerprint density at radius 2 is 1.95 bits per heavy atom. The molecule has 0 aromatic heterocycles. The van der Waals surface area contributed by atoms with Crippen LogP contribution >= 0.6 is 11.6 Å². The second kappa shape index (κ2) is 8.44. The summed E-state index contributed by atoms with van der Waals surface area (Å²) in [6.45, 7) is 7.48. The standard InChI is InChI=1S/C14H25ClN2O4/c1-14(2,3)21-13(19)16-6-7-17(12(18)10-15)11-4-8-20-9-5-11/h11H,4-10H2,1-3H3,(H,16,19). The topological polar surface area (TPSA) is 67.9 Å². The molecule has 0 aromatic rings. The summed E-state index contributed by atoms with van der Waals surface area (Å²) >= 11 is 5.66. The average Bonchev–Trinajstić information content (AvgIpc) is 2.42. The van der Waals surface area contributed by atoms with Crippen molar-refractivity contribution in [3.8, 4) is 0 Å². The Kier molecular flexibility index (Phi) is 7.25. The number of rotatable bonds is 5. The van der Waals surface area contributed by atoms with Gasteiger partial charge in [-0.25, -0.2) is 4.79 Å². The van der Waals surface area contributed by atoms with Gasteiger partial charge in [-0.3, -0.25) is 4.79 Å². The molecule has 1 aliphatic heterocycles. The monoisotopic (exact) mass is 320 g/mol. The summed E-state index contributed by atoms with van der Waals surface area (Å²) in [5, 5.41) is 2.66. The van der Waals surface area contributed by atoms with Gasteiger partial charge in [-0.1, -0.05) is 0 Å². The molecule has 1 N–H and O–H groups in total. The van der Waals surface area contributed by atoms with E-state index in [0.717, 1.165) is 12.8 Å². The summed E-state index contributed by atoms with van der Waals surface area (Å²) in [7, 11) is 0. The number of amides is 2. The molecule has 0 aromatic carbocycles. The van der Waals surface area contributed by atoms with Crippen LogP contribution in [-0.4, -0.2) is 60.7 Å². The van der Waals surface area contributed by atoms with Gasteiger partial charge < -0.3 is 19.7 Å². The first-order valence-corrected chi connectivity index (χ1v) is 7.77. The highest BCUT2D eigenvalue weighted by molar-refractivity contribution is 6.27. The van der Waals surface area contributed by atoms with E-state index in [1.54, 1.807) is 25.7 Å². The molecule has 0 bridgehead atoms. The maximum absolute atomic E-state index is 11.9. The van der Waals surface area contributed by atoms with Crippen LogP contribution in [0, 0.1) is 0 Å². The lowest BCUT2D eigenvalue weighted by molar-refractivity contribution is -0.132. The van der Waals surface area contributed by atoms with Crippen molar-refractivity contribution >= 4 is 23.6 Å². The minimum Gasteiger partial charge on any atom is -0.444 e. The molecule has 0 unspecified atom stereocenters. The molecular formula is C14H25ClN2O4. The van der Waals surface area contributed by atoms with Crippen molar-refractivity contribution in [1.82, 2.24) is 10.2 Å². The van der Waals surface area contributed by atoms with Crippen LogP contribution in [0.2, 0.25) is 0 Å². The molecule has 1 aliphatic rings. The van der Waals surface area contributed by atoms with Crippen LogP contribution in [0.15, 0.2) is 0 Å². The highest BCUT2D eigenvalue weighted by Gasteiger charge is 2.25. The van der Waals surface area contributed by atoms with Crippen LogP contribution in [0.5, 0.6) is 0 Å². The number of hydrogen-bond donors (Lipinski definition) is 1. The Labute approximate surface area is 131 Å². The van der Waals surface area contributed by atoms with Gasteiger partial charge in [0.1, 0.15) is 11.5 Å². The lowest BCUT2D eigenvalue weighted by Gasteiger charge is -2.34. The van der Waals surface area contributed by atoms with E-state index in [4.69, 9.17) is 21.1 Å². The molecular weight excluding hydrogens is 296 g/mol. The van der Waals surface area contributed by atoms with Gasteiger partial charge in [-0.2, -0.15) is 0 Å². The molecule has 7 heteroatoms. The maximum Gasteiger partial charge on any atom is 0.407 e. The summed E-state index contributed by atoms with van der Waals surface area (Å²) in [4.78, 5) is 25.2. The van der Waals surface area contributed by atoms with Crippen LogP contribution in [0.25, 0.3) is 0 Å². The number of alkyl halides is 1. The zero-order valence-electron chi connectivity index (χ0n) is 13.0. The van der Waals surface area contributed by atoms with Crippen molar-refractivity contribution in [2.45, 2.75) is 45.3 Å². The van der Waals surface area contributed by atoms with Gasteiger partial charge in [0.15, 0.2) is 0 Å². The molecule has 1 heterocycles. The maximum atomic E-state index is 11.9. The van der Waals surface area contributed by atoms with Crippen LogP contribution < -0.4 is 5.32 Å². The average molecular weight is 321 g/mol. The first kappa shape index (κ1) is 18.0. The fraction of sp³-hybridized carbons (Fsp3) is 0.857. The van der Waals surface area contributed by atoms with E-state index < -0.39 is 11.7 Å². The molecule has 6 nitrogen and oxygen atoms in total. The number of ether oxygens (including phenoxy) is 2. The third-order valence-corrected chi connectivity index (χ3v) is 3.32. The molecule has 1 rings (SSSR count). The lowest BCUT2D eigenvalue weighted by atomic mass is 10.1. The lowest BCUT2D eigenvalue weighted by Crippen LogP contribution is -2.47. The fourth-order valence-corrected chi connectivity index (χ4v) is 2.33. The first-order chi connectivity index (χ1) is 9.83. The first-order valence-electron chi connectivity index (χ1n) is 7.23. The molecule has 0 saturated carbocycles. The Morgan fingerprint density at radius 3 is 2.48 bits per heavy atom. The fourth-order valence-electron chi connectivity index (χ4n) is 2.18. The Morgan fingerprint density at radius 1 is 1.33 bits per heavy atom. The number of alkyl carbamates (subject to hydrolysis) is 1. The van der Waals surface area contributed by atoms with E-state index in [1.807, 2.05) is 0 Å². The Balaban J connectivity index is 2.42.